The smallest absolute Gasteiger partial charge is 0.158 e. The Morgan fingerprint density at radius 3 is 1.31 bits per heavy atom. The maximum atomic E-state index is 12.4. The van der Waals surface area contributed by atoms with E-state index < -0.39 is 0 Å². The molecule has 0 aromatic carbocycles. The van der Waals surface area contributed by atoms with Crippen molar-refractivity contribution in [2.75, 3.05) is 185 Å². The second-order valence-electron chi connectivity index (χ2n) is 13.3. The number of carbonyl (C=O) groups is 2. The summed E-state index contributed by atoms with van der Waals surface area (Å²) in [6.45, 7) is 21.5. The Bertz CT molecular complexity index is 790. The summed E-state index contributed by atoms with van der Waals surface area (Å²) in [5.74, 6) is 0.283. The molecule has 0 rings (SSSR count). The van der Waals surface area contributed by atoms with Gasteiger partial charge in [-0.15, -0.1) is 0 Å². The molecule has 310 valence electrons. The number of methoxy groups -OCH3 is 2. The van der Waals surface area contributed by atoms with Gasteiger partial charge in [0.1, 0.15) is 13.2 Å². The molecule has 0 radical (unpaired) electrons. The molecule has 0 aromatic heterocycles. The van der Waals surface area contributed by atoms with E-state index in [0.717, 1.165) is 137 Å². The first-order valence-electron chi connectivity index (χ1n) is 20.0. The van der Waals surface area contributed by atoms with Gasteiger partial charge in [0.05, 0.1) is 26.4 Å². The van der Waals surface area contributed by atoms with Crippen LogP contribution in [0.2, 0.25) is 0 Å². The highest BCUT2D eigenvalue weighted by molar-refractivity contribution is 5.79. The van der Waals surface area contributed by atoms with Crippen LogP contribution < -0.4 is 27.4 Å². The van der Waals surface area contributed by atoms with Gasteiger partial charge in [-0.25, -0.2) is 0 Å². The van der Waals surface area contributed by atoms with E-state index >= 15 is 0 Å². The first-order valence-corrected chi connectivity index (χ1v) is 20.0. The van der Waals surface area contributed by atoms with E-state index in [-0.39, 0.29) is 24.8 Å². The van der Waals surface area contributed by atoms with Crippen LogP contribution in [-0.4, -0.2) is 216 Å². The monoisotopic (exact) mass is 748 g/mol. The highest BCUT2D eigenvalue weighted by Gasteiger charge is 2.12. The minimum atomic E-state index is 0.133. The molecule has 0 aliphatic heterocycles. The molecule has 0 heterocycles. The highest BCUT2D eigenvalue weighted by Crippen LogP contribution is 2.02. The number of hydrogen-bond acceptors (Lipinski definition) is 15. The van der Waals surface area contributed by atoms with Crippen molar-refractivity contribution in [2.24, 2.45) is 11.5 Å². The fraction of sp³-hybridized carbons (Fsp3) is 0.946. The molecular formula is C37H81N9O6. The zero-order chi connectivity index (χ0) is 38.3. The van der Waals surface area contributed by atoms with Crippen LogP contribution in [0, 0.1) is 0 Å². The Labute approximate surface area is 317 Å². The number of rotatable bonds is 43. The lowest BCUT2D eigenvalue weighted by Gasteiger charge is -2.28. The summed E-state index contributed by atoms with van der Waals surface area (Å²) in [6.07, 6.45) is 5.00. The van der Waals surface area contributed by atoms with Gasteiger partial charge >= 0.3 is 0 Å². The number of nitrogens with two attached hydrogens (primary N) is 2. The van der Waals surface area contributed by atoms with Crippen LogP contribution in [0.1, 0.15) is 45.4 Å². The number of nitrogens with zero attached hydrogens (tertiary/aromatic N) is 4. The normalized spacial score (nSPS) is 12.0. The average molecular weight is 748 g/mol. The molecule has 0 saturated heterocycles. The minimum absolute atomic E-state index is 0.133. The average Bonchev–Trinajstić information content (AvgIpc) is 3.14. The summed E-state index contributed by atoms with van der Waals surface area (Å²) < 4.78 is 20.8. The van der Waals surface area contributed by atoms with Crippen LogP contribution in [0.5, 0.6) is 0 Å². The van der Waals surface area contributed by atoms with Crippen molar-refractivity contribution in [3.05, 3.63) is 0 Å². The summed E-state index contributed by atoms with van der Waals surface area (Å²) in [5, 5.41) is 10.5. The van der Waals surface area contributed by atoms with Gasteiger partial charge in [-0.2, -0.15) is 0 Å². The van der Waals surface area contributed by atoms with Crippen LogP contribution >= 0.6 is 0 Å². The van der Waals surface area contributed by atoms with Crippen molar-refractivity contribution in [3.63, 3.8) is 0 Å². The summed E-state index contributed by atoms with van der Waals surface area (Å²) in [7, 11) is 5.23. The molecule has 15 nitrogen and oxygen atoms in total. The third kappa shape index (κ3) is 33.4. The predicted molar refractivity (Wildman–Crippen MR) is 212 cm³/mol. The lowest BCUT2D eigenvalue weighted by atomic mass is 10.2. The summed E-state index contributed by atoms with van der Waals surface area (Å²) >= 11 is 0. The van der Waals surface area contributed by atoms with Crippen LogP contribution in [0.15, 0.2) is 0 Å². The Kier molecular flexibility index (Phi) is 38.6. The lowest BCUT2D eigenvalue weighted by molar-refractivity contribution is -0.124. The molecule has 0 atom stereocenters. The van der Waals surface area contributed by atoms with Gasteiger partial charge in [-0.1, -0.05) is 13.3 Å². The molecule has 0 aliphatic rings. The fourth-order valence-electron chi connectivity index (χ4n) is 5.64. The molecule has 0 aliphatic carbocycles. The van der Waals surface area contributed by atoms with Gasteiger partial charge in [0.2, 0.25) is 0 Å². The first-order chi connectivity index (χ1) is 25.4. The fourth-order valence-corrected chi connectivity index (χ4v) is 5.64. The number of ether oxygens (including phenoxy) is 4. The molecule has 0 bridgehead atoms. The van der Waals surface area contributed by atoms with E-state index in [1.807, 2.05) is 7.05 Å². The molecule has 0 unspecified atom stereocenters. The van der Waals surface area contributed by atoms with E-state index in [1.54, 1.807) is 14.2 Å². The number of Topliss-reactive ketones (excluding diaryl/α,β-unsaturated/α-hetero) is 2. The van der Waals surface area contributed by atoms with Crippen molar-refractivity contribution >= 4 is 11.6 Å². The second kappa shape index (κ2) is 39.5. The Hall–Kier alpha value is -1.18. The van der Waals surface area contributed by atoms with Gasteiger partial charge in [0.25, 0.3) is 0 Å². The van der Waals surface area contributed by atoms with E-state index in [9.17, 15) is 9.59 Å². The number of hydrogen-bond donors (Lipinski definition) is 5. The topological polar surface area (TPSA) is 172 Å². The molecule has 0 saturated carbocycles. The third-order valence-corrected chi connectivity index (χ3v) is 8.80. The summed E-state index contributed by atoms with van der Waals surface area (Å²) in [5.41, 5.74) is 11.8. The van der Waals surface area contributed by atoms with E-state index in [1.165, 1.54) is 0 Å². The number of likely N-dealkylation sites (N-methyl/N-ethyl adjacent to an activating group) is 1. The minimum Gasteiger partial charge on any atom is -0.382 e. The molecule has 7 N–H and O–H groups in total. The Morgan fingerprint density at radius 1 is 0.519 bits per heavy atom. The largest absolute Gasteiger partial charge is 0.382 e. The van der Waals surface area contributed by atoms with Crippen LogP contribution in [-0.2, 0) is 28.5 Å². The second-order valence-corrected chi connectivity index (χ2v) is 13.3. The molecule has 52 heavy (non-hydrogen) atoms. The van der Waals surface area contributed by atoms with E-state index in [4.69, 9.17) is 30.4 Å². The molecule has 0 spiro atoms. The maximum absolute atomic E-state index is 12.4. The van der Waals surface area contributed by atoms with Gasteiger partial charge in [0, 0.05) is 132 Å². The van der Waals surface area contributed by atoms with E-state index in [0.29, 0.717) is 52.4 Å². The maximum Gasteiger partial charge on any atom is 0.158 e. The van der Waals surface area contributed by atoms with Gasteiger partial charge in [-0.3, -0.25) is 19.4 Å². The molecular weight excluding hydrogens is 666 g/mol. The van der Waals surface area contributed by atoms with Crippen molar-refractivity contribution in [2.45, 2.75) is 45.4 Å². The van der Waals surface area contributed by atoms with Crippen molar-refractivity contribution in [1.82, 2.24) is 35.6 Å². The quantitative estimate of drug-likeness (QED) is 0.0498. The number of ketones is 2. The molecule has 15 heteroatoms. The summed E-state index contributed by atoms with van der Waals surface area (Å²) in [4.78, 5) is 34.3. The molecule has 0 fully saturated rings. The zero-order valence-electron chi connectivity index (χ0n) is 33.8. The van der Waals surface area contributed by atoms with Crippen LogP contribution in [0.3, 0.4) is 0 Å². The molecule has 0 aromatic rings. The number of nitrogens with one attached hydrogen (secondary N) is 3. The van der Waals surface area contributed by atoms with Crippen molar-refractivity contribution in [3.8, 4) is 0 Å². The third-order valence-electron chi connectivity index (χ3n) is 8.80. The predicted octanol–water partition coefficient (Wildman–Crippen LogP) is -0.665. The highest BCUT2D eigenvalue weighted by atomic mass is 16.5. The van der Waals surface area contributed by atoms with Gasteiger partial charge in [0.15, 0.2) is 11.6 Å². The van der Waals surface area contributed by atoms with Crippen LogP contribution in [0.4, 0.5) is 0 Å². The Morgan fingerprint density at radius 2 is 0.904 bits per heavy atom. The SMILES string of the molecule is CCCCN(CCCC(=O)COCCOC)CCNCCN(CCCC(=O)COCCOC)CCN(CCN)CCNCCN(CCN)CCNC. The standard InChI is InChI=1S/C37H81N9O6/c1-5-6-18-43(19-7-9-36(47)34-51-32-30-49-3)24-14-41-15-25-44(20-8-10-37(48)35-52-33-31-50-4)28-29-46(22-12-39)27-17-42-16-26-45(21-11-38)23-13-40-2/h40-42H,5-35,38-39H2,1-4H3. The number of unbranched alkanes of at least 4 members (excludes halogenated alkanes) is 1. The van der Waals surface area contributed by atoms with Gasteiger partial charge in [-0.05, 0) is 45.9 Å². The van der Waals surface area contributed by atoms with Crippen molar-refractivity contribution in [1.29, 1.82) is 0 Å². The Balaban J connectivity index is 4.85. The van der Waals surface area contributed by atoms with Gasteiger partial charge < -0.3 is 56.2 Å². The zero-order valence-corrected chi connectivity index (χ0v) is 33.8. The lowest BCUT2D eigenvalue weighted by Crippen LogP contribution is -2.44. The summed E-state index contributed by atoms with van der Waals surface area (Å²) in [6, 6.07) is 0. The molecule has 0 amide bonds. The first kappa shape index (κ1) is 50.8. The van der Waals surface area contributed by atoms with Crippen LogP contribution in [0.25, 0.3) is 0 Å². The van der Waals surface area contributed by atoms with E-state index in [2.05, 4.69) is 42.5 Å². The van der Waals surface area contributed by atoms with Crippen molar-refractivity contribution < 1.29 is 28.5 Å². The number of carbonyl (C=O) groups excluding carboxylic acids is 2.